The highest BCUT2D eigenvalue weighted by atomic mass is 19.4. The van der Waals surface area contributed by atoms with Crippen molar-refractivity contribution in [3.05, 3.63) is 12.7 Å². The van der Waals surface area contributed by atoms with E-state index in [9.17, 15) is 40.3 Å². The van der Waals surface area contributed by atoms with E-state index in [1.807, 2.05) is 0 Å². The van der Waals surface area contributed by atoms with Gasteiger partial charge >= 0.3 is 25.3 Å². The maximum absolute atomic E-state index is 11.0. The molecule has 0 aliphatic carbocycles. The van der Waals surface area contributed by atoms with Gasteiger partial charge in [0.25, 0.3) is 6.08 Å². The number of carbonyl (C=O) groups excluding carboxylic acids is 2. The molecular formula is C8H9F7O6. The second-order valence-electron chi connectivity index (χ2n) is 2.17. The first-order valence-corrected chi connectivity index (χ1v) is 4.22. The molecule has 0 aliphatic rings. The van der Waals surface area contributed by atoms with E-state index >= 15 is 0 Å². The van der Waals surface area contributed by atoms with Crippen molar-refractivity contribution < 1.29 is 59.3 Å². The minimum absolute atomic E-state index is 0.786. The predicted octanol–water partition coefficient (Wildman–Crippen LogP) is 3.68. The van der Waals surface area contributed by atoms with Gasteiger partial charge in [0.15, 0.2) is 0 Å². The molecule has 0 aromatic rings. The third kappa shape index (κ3) is 38.1. The highest BCUT2D eigenvalue weighted by molar-refractivity contribution is 5.59. The van der Waals surface area contributed by atoms with Crippen LogP contribution in [0.2, 0.25) is 0 Å². The molecule has 0 fully saturated rings. The molecule has 0 spiro atoms. The molecule has 0 unspecified atom stereocenters. The molecule has 0 saturated heterocycles. The Morgan fingerprint density at radius 1 is 1.00 bits per heavy atom. The first-order chi connectivity index (χ1) is 9.35. The molecular weight excluding hydrogens is 325 g/mol. The van der Waals surface area contributed by atoms with Crippen LogP contribution in [0, 0.1) is 0 Å². The Bertz CT molecular complexity index is 313. The van der Waals surface area contributed by atoms with Crippen molar-refractivity contribution in [3.63, 3.8) is 0 Å². The second-order valence-corrected chi connectivity index (χ2v) is 2.17. The third-order valence-corrected chi connectivity index (χ3v) is 0.718. The van der Waals surface area contributed by atoms with Crippen molar-refractivity contribution >= 4 is 12.3 Å². The Balaban J connectivity index is -0.000000249. The lowest BCUT2D eigenvalue weighted by Crippen LogP contribution is -2.18. The SMILES string of the molecule is C=C(F)F.COC(=O)OC(F)(F)F.COC(=O)OC(F)F. The molecule has 0 saturated carbocycles. The Hall–Kier alpha value is -2.21. The zero-order valence-corrected chi connectivity index (χ0v) is 10.4. The fourth-order valence-corrected chi connectivity index (χ4v) is 0.257. The molecule has 0 aliphatic heterocycles. The van der Waals surface area contributed by atoms with Gasteiger partial charge in [0.05, 0.1) is 14.2 Å². The van der Waals surface area contributed by atoms with Gasteiger partial charge in [-0.15, -0.1) is 13.2 Å². The van der Waals surface area contributed by atoms with Crippen LogP contribution in [0.4, 0.5) is 40.3 Å². The summed E-state index contributed by atoms with van der Waals surface area (Å²) in [4.78, 5) is 19.4. The smallest absolute Gasteiger partial charge is 0.437 e. The van der Waals surface area contributed by atoms with Crippen molar-refractivity contribution in [1.29, 1.82) is 0 Å². The third-order valence-electron chi connectivity index (χ3n) is 0.718. The van der Waals surface area contributed by atoms with Crippen LogP contribution in [0.15, 0.2) is 12.7 Å². The van der Waals surface area contributed by atoms with Crippen LogP contribution in [-0.4, -0.2) is 39.5 Å². The van der Waals surface area contributed by atoms with E-state index in [0.717, 1.165) is 14.2 Å². The number of hydrogen-bond donors (Lipinski definition) is 0. The summed E-state index contributed by atoms with van der Waals surface area (Å²) in [5, 5.41) is 0. The van der Waals surface area contributed by atoms with Gasteiger partial charge in [-0.25, -0.2) is 9.59 Å². The summed E-state index contributed by atoms with van der Waals surface area (Å²) in [5.74, 6) is 0. The van der Waals surface area contributed by atoms with Gasteiger partial charge in [0.1, 0.15) is 0 Å². The molecule has 21 heavy (non-hydrogen) atoms. The second kappa shape index (κ2) is 12.8. The van der Waals surface area contributed by atoms with Crippen molar-refractivity contribution in [1.82, 2.24) is 0 Å². The van der Waals surface area contributed by atoms with Gasteiger partial charge in [0, 0.05) is 0 Å². The van der Waals surface area contributed by atoms with E-state index in [-0.39, 0.29) is 0 Å². The van der Waals surface area contributed by atoms with Gasteiger partial charge in [-0.1, -0.05) is 0 Å². The zero-order chi connectivity index (χ0) is 17.6. The summed E-state index contributed by atoms with van der Waals surface area (Å²) in [6.07, 6.45) is -9.92. The van der Waals surface area contributed by atoms with Gasteiger partial charge in [-0.3, -0.25) is 0 Å². The summed E-state index contributed by atoms with van der Waals surface area (Å²) in [5.41, 5.74) is 0. The summed E-state index contributed by atoms with van der Waals surface area (Å²) in [6.45, 7) is -0.873. The lowest BCUT2D eigenvalue weighted by atomic mass is 11.2. The van der Waals surface area contributed by atoms with Crippen LogP contribution in [0.25, 0.3) is 0 Å². The molecule has 0 atom stereocenters. The summed E-state index contributed by atoms with van der Waals surface area (Å²) < 4.78 is 88.3. The van der Waals surface area contributed by atoms with Crippen LogP contribution in [0.5, 0.6) is 0 Å². The number of rotatable bonds is 1. The topological polar surface area (TPSA) is 71.1 Å². The Morgan fingerprint density at radius 2 is 1.33 bits per heavy atom. The maximum atomic E-state index is 11.0. The maximum Gasteiger partial charge on any atom is 0.577 e. The summed E-state index contributed by atoms with van der Waals surface area (Å²) >= 11 is 0. The van der Waals surface area contributed by atoms with Gasteiger partial charge < -0.3 is 18.9 Å². The fourth-order valence-electron chi connectivity index (χ4n) is 0.257. The van der Waals surface area contributed by atoms with Crippen LogP contribution < -0.4 is 0 Å². The molecule has 0 amide bonds. The average Bonchev–Trinajstić information content (AvgIpc) is 2.25. The van der Waals surface area contributed by atoms with Crippen molar-refractivity contribution in [2.24, 2.45) is 0 Å². The van der Waals surface area contributed by atoms with E-state index in [1.54, 1.807) is 0 Å². The van der Waals surface area contributed by atoms with Gasteiger partial charge in [-0.05, 0) is 6.58 Å². The highest BCUT2D eigenvalue weighted by Gasteiger charge is 2.34. The monoisotopic (exact) mass is 334 g/mol. The van der Waals surface area contributed by atoms with E-state index in [2.05, 4.69) is 25.5 Å². The predicted molar refractivity (Wildman–Crippen MR) is 50.4 cm³/mol. The quantitative estimate of drug-likeness (QED) is 0.538. The molecule has 0 bridgehead atoms. The van der Waals surface area contributed by atoms with Gasteiger partial charge in [-0.2, -0.15) is 17.6 Å². The summed E-state index contributed by atoms with van der Waals surface area (Å²) in [7, 11) is 1.73. The minimum Gasteiger partial charge on any atom is -0.437 e. The fraction of sp³-hybridized carbons (Fsp3) is 0.500. The zero-order valence-electron chi connectivity index (χ0n) is 10.4. The standard InChI is InChI=1S/C3H3F3O3.C3H4F2O3.C2H2F2/c1-8-2(7)9-3(4,5)6;1-7-3(6)8-2(4)5;1-2(3)4/h1H3;2H,1H3;1H2. The van der Waals surface area contributed by atoms with Crippen LogP contribution in [0.1, 0.15) is 0 Å². The van der Waals surface area contributed by atoms with Crippen LogP contribution in [0.3, 0.4) is 0 Å². The van der Waals surface area contributed by atoms with E-state index in [4.69, 9.17) is 0 Å². The molecule has 0 rings (SSSR count). The highest BCUT2D eigenvalue weighted by Crippen LogP contribution is 2.16. The number of hydrogen-bond acceptors (Lipinski definition) is 6. The molecule has 0 N–H and O–H groups in total. The molecule has 0 aromatic heterocycles. The first kappa shape index (κ1) is 23.9. The molecule has 126 valence electrons. The molecule has 0 radical (unpaired) electrons. The number of alkyl halides is 5. The van der Waals surface area contributed by atoms with E-state index < -0.39 is 31.4 Å². The largest absolute Gasteiger partial charge is 0.577 e. The van der Waals surface area contributed by atoms with Crippen molar-refractivity contribution in [2.75, 3.05) is 14.2 Å². The van der Waals surface area contributed by atoms with Crippen molar-refractivity contribution in [2.45, 2.75) is 13.0 Å². The van der Waals surface area contributed by atoms with Crippen molar-refractivity contribution in [3.8, 4) is 0 Å². The molecule has 13 heteroatoms. The molecule has 0 heterocycles. The Labute approximate surface area is 113 Å². The van der Waals surface area contributed by atoms with E-state index in [1.165, 1.54) is 0 Å². The molecule has 0 aromatic carbocycles. The Kier molecular flexibility index (Phi) is 14.5. The summed E-state index contributed by atoms with van der Waals surface area (Å²) in [6, 6.07) is 0. The Morgan fingerprint density at radius 3 is 1.43 bits per heavy atom. The van der Waals surface area contributed by atoms with Crippen LogP contribution in [-0.2, 0) is 18.9 Å². The number of halogens is 7. The average molecular weight is 334 g/mol. The first-order valence-electron chi connectivity index (χ1n) is 4.22. The molecule has 6 nitrogen and oxygen atoms in total. The lowest BCUT2D eigenvalue weighted by molar-refractivity contribution is -0.298. The van der Waals surface area contributed by atoms with Crippen LogP contribution >= 0.6 is 0 Å². The number of ether oxygens (including phenoxy) is 4. The van der Waals surface area contributed by atoms with Gasteiger partial charge in [0.2, 0.25) is 0 Å². The number of methoxy groups -OCH3 is 2. The number of carbonyl (C=O) groups is 2. The minimum atomic E-state index is -4.95. The lowest BCUT2D eigenvalue weighted by Gasteiger charge is -2.03. The normalized spacial score (nSPS) is 9.24. The van der Waals surface area contributed by atoms with E-state index in [0.29, 0.717) is 0 Å².